The standard InChI is InChI=1S/C14H25N3O/c18-14(12-3-1-2-4-12)17-8-5-13(11-17)16-9-6-15-7-10-16/h12-13,15H,1-11H2. The molecule has 3 fully saturated rings. The number of amides is 1. The molecule has 1 unspecified atom stereocenters. The maximum Gasteiger partial charge on any atom is 0.225 e. The van der Waals surface area contributed by atoms with Crippen molar-refractivity contribution < 1.29 is 4.79 Å². The molecule has 2 heterocycles. The summed E-state index contributed by atoms with van der Waals surface area (Å²) >= 11 is 0. The number of piperazine rings is 1. The number of hydrogen-bond acceptors (Lipinski definition) is 3. The lowest BCUT2D eigenvalue weighted by Gasteiger charge is -2.32. The Morgan fingerprint density at radius 1 is 1.00 bits per heavy atom. The highest BCUT2D eigenvalue weighted by Gasteiger charge is 2.34. The molecule has 4 nitrogen and oxygen atoms in total. The number of likely N-dealkylation sites (tertiary alicyclic amines) is 1. The molecule has 3 aliphatic rings. The molecule has 2 aliphatic heterocycles. The molecule has 2 saturated heterocycles. The van der Waals surface area contributed by atoms with E-state index in [9.17, 15) is 4.79 Å². The number of nitrogens with zero attached hydrogens (tertiary/aromatic N) is 2. The summed E-state index contributed by atoms with van der Waals surface area (Å²) in [5, 5.41) is 3.39. The van der Waals surface area contributed by atoms with Crippen LogP contribution in [0.2, 0.25) is 0 Å². The van der Waals surface area contributed by atoms with Gasteiger partial charge < -0.3 is 10.2 Å². The molecular weight excluding hydrogens is 226 g/mol. The third-order valence-electron chi connectivity index (χ3n) is 4.85. The van der Waals surface area contributed by atoms with E-state index in [0.29, 0.717) is 17.9 Å². The molecule has 1 amide bonds. The Kier molecular flexibility index (Phi) is 3.85. The van der Waals surface area contributed by atoms with Crippen LogP contribution in [0, 0.1) is 5.92 Å². The van der Waals surface area contributed by atoms with Gasteiger partial charge in [0.25, 0.3) is 0 Å². The van der Waals surface area contributed by atoms with Crippen molar-refractivity contribution in [3.8, 4) is 0 Å². The van der Waals surface area contributed by atoms with E-state index in [1.165, 1.54) is 19.3 Å². The third kappa shape index (κ3) is 2.54. The first-order valence-electron chi connectivity index (χ1n) is 7.58. The normalized spacial score (nSPS) is 31.1. The predicted molar refractivity (Wildman–Crippen MR) is 71.4 cm³/mol. The van der Waals surface area contributed by atoms with E-state index in [1.54, 1.807) is 0 Å². The Hall–Kier alpha value is -0.610. The van der Waals surface area contributed by atoms with Crippen LogP contribution in [0.15, 0.2) is 0 Å². The van der Waals surface area contributed by atoms with Gasteiger partial charge in [0.2, 0.25) is 5.91 Å². The van der Waals surface area contributed by atoms with Crippen LogP contribution in [0.4, 0.5) is 0 Å². The molecule has 1 aliphatic carbocycles. The molecule has 4 heteroatoms. The molecule has 0 aromatic heterocycles. The van der Waals surface area contributed by atoms with E-state index in [-0.39, 0.29) is 0 Å². The van der Waals surface area contributed by atoms with Crippen LogP contribution in [0.1, 0.15) is 32.1 Å². The van der Waals surface area contributed by atoms with Crippen molar-refractivity contribution in [1.82, 2.24) is 15.1 Å². The van der Waals surface area contributed by atoms with E-state index < -0.39 is 0 Å². The molecule has 0 bridgehead atoms. The second-order valence-corrected chi connectivity index (χ2v) is 5.99. The van der Waals surface area contributed by atoms with Crippen LogP contribution in [0.3, 0.4) is 0 Å². The Balaban J connectivity index is 1.52. The fourth-order valence-corrected chi connectivity index (χ4v) is 3.72. The van der Waals surface area contributed by atoms with Crippen molar-refractivity contribution in [3.05, 3.63) is 0 Å². The van der Waals surface area contributed by atoms with Gasteiger partial charge in [0.1, 0.15) is 0 Å². The Labute approximate surface area is 110 Å². The van der Waals surface area contributed by atoms with Crippen LogP contribution in [0.25, 0.3) is 0 Å². The second kappa shape index (κ2) is 5.57. The monoisotopic (exact) mass is 251 g/mol. The van der Waals surface area contributed by atoms with Gasteiger partial charge >= 0.3 is 0 Å². The fraction of sp³-hybridized carbons (Fsp3) is 0.929. The summed E-state index contributed by atoms with van der Waals surface area (Å²) in [5.41, 5.74) is 0. The Morgan fingerprint density at radius 3 is 2.44 bits per heavy atom. The Morgan fingerprint density at radius 2 is 1.72 bits per heavy atom. The van der Waals surface area contributed by atoms with E-state index >= 15 is 0 Å². The van der Waals surface area contributed by atoms with Crippen molar-refractivity contribution in [1.29, 1.82) is 0 Å². The number of rotatable bonds is 2. The molecular formula is C14H25N3O. The van der Waals surface area contributed by atoms with Gasteiger partial charge in [0, 0.05) is 51.2 Å². The highest BCUT2D eigenvalue weighted by molar-refractivity contribution is 5.79. The van der Waals surface area contributed by atoms with Gasteiger partial charge in [-0.05, 0) is 19.3 Å². The average Bonchev–Trinajstić information content (AvgIpc) is 3.10. The zero-order valence-electron chi connectivity index (χ0n) is 11.2. The largest absolute Gasteiger partial charge is 0.341 e. The Bertz CT molecular complexity index is 295. The van der Waals surface area contributed by atoms with E-state index in [0.717, 1.165) is 52.1 Å². The fourth-order valence-electron chi connectivity index (χ4n) is 3.72. The molecule has 1 atom stereocenters. The highest BCUT2D eigenvalue weighted by Crippen LogP contribution is 2.28. The van der Waals surface area contributed by atoms with Gasteiger partial charge in [0.05, 0.1) is 0 Å². The maximum atomic E-state index is 12.4. The first-order chi connectivity index (χ1) is 8.84. The SMILES string of the molecule is O=C(C1CCCC1)N1CCC(N2CCNCC2)C1. The van der Waals surface area contributed by atoms with Crippen LogP contribution in [0.5, 0.6) is 0 Å². The first kappa shape index (κ1) is 12.4. The topological polar surface area (TPSA) is 35.6 Å². The summed E-state index contributed by atoms with van der Waals surface area (Å²) in [6, 6.07) is 0.623. The molecule has 0 aromatic carbocycles. The quantitative estimate of drug-likeness (QED) is 0.784. The minimum absolute atomic E-state index is 0.353. The van der Waals surface area contributed by atoms with E-state index in [1.807, 2.05) is 0 Å². The van der Waals surface area contributed by atoms with Crippen LogP contribution >= 0.6 is 0 Å². The molecule has 1 N–H and O–H groups in total. The van der Waals surface area contributed by atoms with Crippen LogP contribution in [-0.4, -0.2) is 61.0 Å². The number of nitrogens with one attached hydrogen (secondary N) is 1. The minimum atomic E-state index is 0.353. The number of hydrogen-bond donors (Lipinski definition) is 1. The highest BCUT2D eigenvalue weighted by atomic mass is 16.2. The van der Waals surface area contributed by atoms with Crippen molar-refractivity contribution in [3.63, 3.8) is 0 Å². The zero-order chi connectivity index (χ0) is 12.4. The smallest absolute Gasteiger partial charge is 0.225 e. The summed E-state index contributed by atoms with van der Waals surface area (Å²) in [6.45, 7) is 6.48. The minimum Gasteiger partial charge on any atom is -0.341 e. The summed E-state index contributed by atoms with van der Waals surface area (Å²) < 4.78 is 0. The zero-order valence-corrected chi connectivity index (χ0v) is 11.2. The molecule has 0 aromatic rings. The van der Waals surface area contributed by atoms with Crippen LogP contribution < -0.4 is 5.32 Å². The van der Waals surface area contributed by atoms with Gasteiger partial charge in [-0.2, -0.15) is 0 Å². The second-order valence-electron chi connectivity index (χ2n) is 5.99. The number of carbonyl (C=O) groups excluding carboxylic acids is 1. The van der Waals surface area contributed by atoms with Gasteiger partial charge in [-0.1, -0.05) is 12.8 Å². The van der Waals surface area contributed by atoms with Crippen molar-refractivity contribution in [2.75, 3.05) is 39.3 Å². The summed E-state index contributed by atoms with van der Waals surface area (Å²) in [5.74, 6) is 0.803. The van der Waals surface area contributed by atoms with Crippen molar-refractivity contribution >= 4 is 5.91 Å². The molecule has 102 valence electrons. The average molecular weight is 251 g/mol. The van der Waals surface area contributed by atoms with Crippen LogP contribution in [-0.2, 0) is 4.79 Å². The molecule has 1 saturated carbocycles. The molecule has 3 rings (SSSR count). The number of carbonyl (C=O) groups is 1. The lowest BCUT2D eigenvalue weighted by atomic mass is 10.1. The third-order valence-corrected chi connectivity index (χ3v) is 4.85. The lowest BCUT2D eigenvalue weighted by molar-refractivity contribution is -0.134. The van der Waals surface area contributed by atoms with Gasteiger partial charge in [-0.25, -0.2) is 0 Å². The summed E-state index contributed by atoms with van der Waals surface area (Å²) in [6.07, 6.45) is 5.96. The maximum absolute atomic E-state index is 12.4. The molecule has 0 radical (unpaired) electrons. The van der Waals surface area contributed by atoms with E-state index in [2.05, 4.69) is 15.1 Å². The first-order valence-corrected chi connectivity index (χ1v) is 7.58. The van der Waals surface area contributed by atoms with E-state index in [4.69, 9.17) is 0 Å². The van der Waals surface area contributed by atoms with Gasteiger partial charge in [-0.15, -0.1) is 0 Å². The van der Waals surface area contributed by atoms with Gasteiger partial charge in [0.15, 0.2) is 0 Å². The molecule has 18 heavy (non-hydrogen) atoms. The predicted octanol–water partition coefficient (Wildman–Crippen LogP) is 0.683. The van der Waals surface area contributed by atoms with Gasteiger partial charge in [-0.3, -0.25) is 9.69 Å². The summed E-state index contributed by atoms with van der Waals surface area (Å²) in [7, 11) is 0. The summed E-state index contributed by atoms with van der Waals surface area (Å²) in [4.78, 5) is 17.1. The lowest BCUT2D eigenvalue weighted by Crippen LogP contribution is -2.49. The van der Waals surface area contributed by atoms with Crippen molar-refractivity contribution in [2.24, 2.45) is 5.92 Å². The van der Waals surface area contributed by atoms with Crippen molar-refractivity contribution in [2.45, 2.75) is 38.1 Å². The molecule has 0 spiro atoms.